The Morgan fingerprint density at radius 3 is 2.56 bits per heavy atom. The number of carbonyl (C=O) groups excluding carboxylic acids is 1. The van der Waals surface area contributed by atoms with Gasteiger partial charge in [-0.05, 0) is 64.9 Å². The lowest BCUT2D eigenvalue weighted by atomic mass is 9.88. The Morgan fingerprint density at radius 1 is 1.00 bits per heavy atom. The second kappa shape index (κ2) is 8.58. The molecule has 2 aliphatic rings. The maximum Gasteiger partial charge on any atom is 0.318 e. The number of amides is 1. The fraction of sp³-hybridized carbons (Fsp3) is 0.269. The number of aryl methyl sites for hydroxylation is 2. The van der Waals surface area contributed by atoms with Crippen LogP contribution in [-0.2, 0) is 24.1 Å². The molecule has 32 heavy (non-hydrogen) atoms. The minimum Gasteiger partial charge on any atom is -0.625 e. The van der Waals surface area contributed by atoms with Gasteiger partial charge in [0, 0.05) is 42.0 Å². The summed E-state index contributed by atoms with van der Waals surface area (Å²) in [6.07, 6.45) is 8.22. The van der Waals surface area contributed by atoms with Crippen LogP contribution in [0.2, 0.25) is 5.02 Å². The Kier molecular flexibility index (Phi) is 5.64. The van der Waals surface area contributed by atoms with Crippen LogP contribution in [0.3, 0.4) is 0 Å². The summed E-state index contributed by atoms with van der Waals surface area (Å²) in [5.41, 5.74) is 7.67. The molecule has 0 radical (unpaired) electrons. The van der Waals surface area contributed by atoms with Gasteiger partial charge >= 0.3 is 5.91 Å². The van der Waals surface area contributed by atoms with Crippen LogP contribution >= 0.6 is 11.6 Å². The number of aromatic nitrogens is 2. The molecule has 1 amide bonds. The van der Waals surface area contributed by atoms with Gasteiger partial charge in [-0.2, -0.15) is 0 Å². The Morgan fingerprint density at radius 2 is 1.78 bits per heavy atom. The highest BCUT2D eigenvalue weighted by atomic mass is 35.5. The quantitative estimate of drug-likeness (QED) is 0.415. The van der Waals surface area contributed by atoms with Crippen LogP contribution in [-0.4, -0.2) is 33.6 Å². The molecule has 6 heteroatoms. The summed E-state index contributed by atoms with van der Waals surface area (Å²) >= 11 is 6.30. The summed E-state index contributed by atoms with van der Waals surface area (Å²) in [5.74, 6) is -0.298. The highest BCUT2D eigenvalue weighted by Crippen LogP contribution is 2.39. The molecule has 5 rings (SSSR count). The predicted molar refractivity (Wildman–Crippen MR) is 125 cm³/mol. The standard InChI is InChI=1S/C26H24ClN3O2/c27-22-7-8-23-21(16-22)6-5-20-4-2-12-29-26(20)25(23)19-9-13-30(32,14-10-19)24(31)15-18-3-1-11-28-17-18/h1-4,7-8,11-12,16-17H,5-6,9-10,13-15H2. The van der Waals surface area contributed by atoms with Gasteiger partial charge in [-0.15, -0.1) is 0 Å². The van der Waals surface area contributed by atoms with Crippen LogP contribution in [0.15, 0.2) is 66.6 Å². The van der Waals surface area contributed by atoms with E-state index < -0.39 is 4.65 Å². The van der Waals surface area contributed by atoms with Crippen LogP contribution in [0.4, 0.5) is 0 Å². The number of quaternary nitrogens is 1. The van der Waals surface area contributed by atoms with Gasteiger partial charge in [-0.25, -0.2) is 4.79 Å². The molecule has 162 valence electrons. The van der Waals surface area contributed by atoms with E-state index in [0.717, 1.165) is 40.3 Å². The van der Waals surface area contributed by atoms with Gasteiger partial charge in [0.2, 0.25) is 0 Å². The van der Waals surface area contributed by atoms with Crippen molar-refractivity contribution in [1.29, 1.82) is 0 Å². The van der Waals surface area contributed by atoms with E-state index in [0.29, 0.717) is 12.8 Å². The molecule has 3 aromatic rings. The summed E-state index contributed by atoms with van der Waals surface area (Å²) in [5, 5.41) is 14.1. The molecule has 0 spiro atoms. The lowest BCUT2D eigenvalue weighted by Crippen LogP contribution is -2.52. The molecule has 0 saturated carbocycles. The normalized spacial score (nSPS) is 20.3. The summed E-state index contributed by atoms with van der Waals surface area (Å²) in [6, 6.07) is 13.8. The van der Waals surface area contributed by atoms with E-state index in [-0.39, 0.29) is 25.4 Å². The van der Waals surface area contributed by atoms with E-state index >= 15 is 0 Å². The molecule has 2 aromatic heterocycles. The van der Waals surface area contributed by atoms with Crippen LogP contribution in [0.25, 0.3) is 5.57 Å². The third-order valence-electron chi connectivity index (χ3n) is 6.56. The van der Waals surface area contributed by atoms with E-state index in [1.807, 2.05) is 30.5 Å². The first-order chi connectivity index (χ1) is 15.5. The fourth-order valence-electron chi connectivity index (χ4n) is 4.82. The van der Waals surface area contributed by atoms with Crippen molar-refractivity contribution < 1.29 is 9.44 Å². The number of hydrogen-bond acceptors (Lipinski definition) is 4. The molecule has 1 aliphatic heterocycles. The van der Waals surface area contributed by atoms with Crippen molar-refractivity contribution in [2.75, 3.05) is 13.1 Å². The van der Waals surface area contributed by atoms with Crippen molar-refractivity contribution in [2.24, 2.45) is 0 Å². The number of pyridine rings is 2. The molecule has 1 saturated heterocycles. The second-order valence-electron chi connectivity index (χ2n) is 8.56. The number of carbonyl (C=O) groups is 1. The van der Waals surface area contributed by atoms with Gasteiger partial charge in [0.15, 0.2) is 0 Å². The minimum absolute atomic E-state index is 0.120. The first kappa shape index (κ1) is 21.0. The zero-order valence-corrected chi connectivity index (χ0v) is 18.5. The van der Waals surface area contributed by atoms with Gasteiger partial charge < -0.3 is 5.21 Å². The number of hydroxylamine groups is 3. The Hall–Kier alpha value is -2.86. The van der Waals surface area contributed by atoms with Crippen molar-refractivity contribution in [1.82, 2.24) is 9.97 Å². The largest absolute Gasteiger partial charge is 0.625 e. The molecule has 0 atom stereocenters. The molecular formula is C26H24ClN3O2. The average Bonchev–Trinajstić information content (AvgIpc) is 2.97. The van der Waals surface area contributed by atoms with Crippen molar-refractivity contribution in [3.63, 3.8) is 0 Å². The van der Waals surface area contributed by atoms with Gasteiger partial charge in [0.25, 0.3) is 0 Å². The summed E-state index contributed by atoms with van der Waals surface area (Å²) in [6.45, 7) is 0.506. The van der Waals surface area contributed by atoms with Gasteiger partial charge in [0.1, 0.15) is 0 Å². The number of halogens is 1. The lowest BCUT2D eigenvalue weighted by Gasteiger charge is -2.43. The SMILES string of the molecule is O=C(Cc1cccnc1)[N+]1([O-])CCC(=C2c3ccc(Cl)cc3CCc3cccnc32)CC1. The predicted octanol–water partition coefficient (Wildman–Crippen LogP) is 4.91. The summed E-state index contributed by atoms with van der Waals surface area (Å²) in [7, 11) is 0. The van der Waals surface area contributed by atoms with Crippen molar-refractivity contribution in [3.05, 3.63) is 105 Å². The molecule has 5 nitrogen and oxygen atoms in total. The number of piperidine rings is 1. The Balaban J connectivity index is 1.48. The zero-order chi connectivity index (χ0) is 22.1. The second-order valence-corrected chi connectivity index (χ2v) is 9.00. The average molecular weight is 446 g/mol. The smallest absolute Gasteiger partial charge is 0.318 e. The maximum atomic E-state index is 13.4. The maximum absolute atomic E-state index is 13.4. The summed E-state index contributed by atoms with van der Waals surface area (Å²) < 4.78 is -0.784. The van der Waals surface area contributed by atoms with E-state index in [1.54, 1.807) is 18.5 Å². The Labute approximate surface area is 192 Å². The number of nitrogens with zero attached hydrogens (tertiary/aromatic N) is 3. The number of fused-ring (bicyclic) bond motifs is 2. The molecule has 0 N–H and O–H groups in total. The Bertz CT molecular complexity index is 1200. The lowest BCUT2D eigenvalue weighted by molar-refractivity contribution is -0.807. The van der Waals surface area contributed by atoms with Crippen molar-refractivity contribution in [3.8, 4) is 0 Å². The monoisotopic (exact) mass is 445 g/mol. The van der Waals surface area contributed by atoms with E-state index in [9.17, 15) is 10.0 Å². The third kappa shape index (κ3) is 3.99. The van der Waals surface area contributed by atoms with Crippen molar-refractivity contribution >= 4 is 23.1 Å². The van der Waals surface area contributed by atoms with Crippen molar-refractivity contribution in [2.45, 2.75) is 32.1 Å². The number of rotatable bonds is 2. The van der Waals surface area contributed by atoms with E-state index in [4.69, 9.17) is 16.6 Å². The zero-order valence-electron chi connectivity index (χ0n) is 17.8. The molecular weight excluding hydrogens is 422 g/mol. The van der Waals surface area contributed by atoms with E-state index in [2.05, 4.69) is 17.1 Å². The molecule has 0 bridgehead atoms. The van der Waals surface area contributed by atoms with E-state index in [1.165, 1.54) is 16.7 Å². The minimum atomic E-state index is -0.784. The highest BCUT2D eigenvalue weighted by molar-refractivity contribution is 6.30. The fourth-order valence-corrected chi connectivity index (χ4v) is 5.02. The van der Waals surface area contributed by atoms with Gasteiger partial charge in [-0.3, -0.25) is 14.6 Å². The first-order valence-electron chi connectivity index (χ1n) is 11.0. The number of likely N-dealkylation sites (tertiary alicyclic amines) is 1. The van der Waals surface area contributed by atoms with Crippen LogP contribution in [0.1, 0.15) is 40.8 Å². The van der Waals surface area contributed by atoms with Crippen LogP contribution in [0, 0.1) is 5.21 Å². The summed E-state index contributed by atoms with van der Waals surface area (Å²) in [4.78, 5) is 21.6. The molecule has 1 fully saturated rings. The van der Waals surface area contributed by atoms with Gasteiger partial charge in [0.05, 0.1) is 25.2 Å². The number of benzene rings is 1. The van der Waals surface area contributed by atoms with Crippen LogP contribution < -0.4 is 0 Å². The topological polar surface area (TPSA) is 65.9 Å². The molecule has 1 aromatic carbocycles. The molecule has 0 unspecified atom stereocenters. The number of hydrogen-bond donors (Lipinski definition) is 0. The molecule has 1 aliphatic carbocycles. The van der Waals surface area contributed by atoms with Crippen LogP contribution in [0.5, 0.6) is 0 Å². The van der Waals surface area contributed by atoms with Gasteiger partial charge in [-0.1, -0.05) is 29.8 Å². The third-order valence-corrected chi connectivity index (χ3v) is 6.80. The molecule has 3 heterocycles. The first-order valence-corrected chi connectivity index (χ1v) is 11.4. The highest BCUT2D eigenvalue weighted by Gasteiger charge is 2.33.